The maximum absolute atomic E-state index is 12.3. The molecule has 3 nitrogen and oxygen atoms in total. The second kappa shape index (κ2) is 7.13. The number of nitrogens with zero attached hydrogens (tertiary/aromatic N) is 1. The van der Waals surface area contributed by atoms with Crippen molar-refractivity contribution in [3.63, 3.8) is 0 Å². The van der Waals surface area contributed by atoms with Crippen molar-refractivity contribution in [1.29, 1.82) is 0 Å². The zero-order valence-corrected chi connectivity index (χ0v) is 12.9. The van der Waals surface area contributed by atoms with Gasteiger partial charge in [-0.1, -0.05) is 17.7 Å². The quantitative estimate of drug-likeness (QED) is 0.931. The highest BCUT2D eigenvalue weighted by Gasteiger charge is 2.26. The first-order valence-electron chi connectivity index (χ1n) is 6.32. The third-order valence-corrected chi connectivity index (χ3v) is 3.89. The van der Waals surface area contributed by atoms with E-state index in [4.69, 9.17) is 11.6 Å². The molecule has 1 aliphatic heterocycles. The third kappa shape index (κ3) is 3.85. The lowest BCUT2D eigenvalue weighted by molar-refractivity contribution is 0.0787. The van der Waals surface area contributed by atoms with Crippen LogP contribution < -0.4 is 5.32 Å². The Morgan fingerprint density at radius 3 is 2.89 bits per heavy atom. The van der Waals surface area contributed by atoms with Crippen LogP contribution in [0.4, 0.5) is 0 Å². The summed E-state index contributed by atoms with van der Waals surface area (Å²) in [5.41, 5.74) is 1.69. The van der Waals surface area contributed by atoms with Crippen LogP contribution in [0.15, 0.2) is 18.2 Å². The van der Waals surface area contributed by atoms with E-state index in [0.29, 0.717) is 16.5 Å². The Balaban J connectivity index is 0.00000180. The molecule has 1 heterocycles. The standard InChI is InChI=1S/C14H19ClN2O.ClH/c1-10-3-4-12(7-13(10)15)14(18)17-6-5-11(9-17)8-16-2;/h3-4,7,11,16H,5-6,8-9H2,1-2H3;1H. The van der Waals surface area contributed by atoms with Crippen molar-refractivity contribution in [2.24, 2.45) is 5.92 Å². The lowest BCUT2D eigenvalue weighted by Crippen LogP contribution is -2.30. The highest BCUT2D eigenvalue weighted by atomic mass is 35.5. The van der Waals surface area contributed by atoms with E-state index in [0.717, 1.165) is 31.6 Å². The second-order valence-corrected chi connectivity index (χ2v) is 5.33. The van der Waals surface area contributed by atoms with Crippen LogP contribution in [0.5, 0.6) is 0 Å². The molecular formula is C14H20Cl2N2O. The molecule has 0 saturated carbocycles. The molecule has 1 unspecified atom stereocenters. The van der Waals surface area contributed by atoms with Gasteiger partial charge in [-0.15, -0.1) is 12.4 Å². The van der Waals surface area contributed by atoms with Gasteiger partial charge in [-0.05, 0) is 50.6 Å². The number of hydrogen-bond donors (Lipinski definition) is 1. The predicted octanol–water partition coefficient (Wildman–Crippen LogP) is 2.75. The van der Waals surface area contributed by atoms with Crippen LogP contribution in [0.25, 0.3) is 0 Å². The van der Waals surface area contributed by atoms with Crippen LogP contribution in [0.2, 0.25) is 5.02 Å². The molecule has 1 aromatic carbocycles. The van der Waals surface area contributed by atoms with Crippen LogP contribution in [-0.2, 0) is 0 Å². The van der Waals surface area contributed by atoms with Crippen LogP contribution in [0.3, 0.4) is 0 Å². The Morgan fingerprint density at radius 2 is 2.26 bits per heavy atom. The summed E-state index contributed by atoms with van der Waals surface area (Å²) in [6, 6.07) is 5.52. The Kier molecular flexibility index (Phi) is 6.11. The van der Waals surface area contributed by atoms with Gasteiger partial charge in [-0.2, -0.15) is 0 Å². The van der Waals surface area contributed by atoms with Crippen LogP contribution in [0, 0.1) is 12.8 Å². The molecule has 0 spiro atoms. The van der Waals surface area contributed by atoms with Crippen molar-refractivity contribution in [2.75, 3.05) is 26.7 Å². The first-order chi connectivity index (χ1) is 8.61. The summed E-state index contributed by atoms with van der Waals surface area (Å²) in [7, 11) is 1.95. The fraction of sp³-hybridized carbons (Fsp3) is 0.500. The van der Waals surface area contributed by atoms with E-state index in [1.54, 1.807) is 6.07 Å². The van der Waals surface area contributed by atoms with Gasteiger partial charge in [0.05, 0.1) is 0 Å². The van der Waals surface area contributed by atoms with E-state index < -0.39 is 0 Å². The monoisotopic (exact) mass is 302 g/mol. The van der Waals surface area contributed by atoms with Crippen LogP contribution in [-0.4, -0.2) is 37.5 Å². The number of rotatable bonds is 3. The maximum Gasteiger partial charge on any atom is 0.253 e. The van der Waals surface area contributed by atoms with E-state index in [1.807, 2.05) is 31.0 Å². The average molecular weight is 303 g/mol. The Bertz CT molecular complexity index is 451. The normalized spacial score (nSPS) is 18.3. The first-order valence-corrected chi connectivity index (χ1v) is 6.69. The van der Waals surface area contributed by atoms with Gasteiger partial charge in [0.15, 0.2) is 0 Å². The van der Waals surface area contributed by atoms with E-state index in [-0.39, 0.29) is 18.3 Å². The largest absolute Gasteiger partial charge is 0.338 e. The third-order valence-electron chi connectivity index (χ3n) is 3.48. The van der Waals surface area contributed by atoms with Gasteiger partial charge >= 0.3 is 0 Å². The highest BCUT2D eigenvalue weighted by molar-refractivity contribution is 6.31. The number of benzene rings is 1. The molecule has 1 saturated heterocycles. The number of aryl methyl sites for hydroxylation is 1. The minimum Gasteiger partial charge on any atom is -0.338 e. The van der Waals surface area contributed by atoms with Gasteiger partial charge in [0, 0.05) is 23.7 Å². The van der Waals surface area contributed by atoms with Crippen LogP contribution in [0.1, 0.15) is 22.3 Å². The number of amides is 1. The van der Waals surface area contributed by atoms with E-state index in [1.165, 1.54) is 0 Å². The molecular weight excluding hydrogens is 283 g/mol. The minimum absolute atomic E-state index is 0. The summed E-state index contributed by atoms with van der Waals surface area (Å²) in [6.07, 6.45) is 1.08. The summed E-state index contributed by atoms with van der Waals surface area (Å²) in [5, 5.41) is 3.83. The number of carbonyl (C=O) groups excluding carboxylic acids is 1. The van der Waals surface area contributed by atoms with Gasteiger partial charge in [0.25, 0.3) is 5.91 Å². The Hall–Kier alpha value is -0.770. The van der Waals surface area contributed by atoms with Crippen LogP contribution >= 0.6 is 24.0 Å². The average Bonchev–Trinajstić information content (AvgIpc) is 2.81. The van der Waals surface area contributed by atoms with Crippen molar-refractivity contribution >= 4 is 29.9 Å². The molecule has 0 bridgehead atoms. The summed E-state index contributed by atoms with van der Waals surface area (Å²) in [5.74, 6) is 0.662. The van der Waals surface area contributed by atoms with Gasteiger partial charge in [0.1, 0.15) is 0 Å². The summed E-state index contributed by atoms with van der Waals surface area (Å²) in [4.78, 5) is 14.2. The fourth-order valence-corrected chi connectivity index (χ4v) is 2.56. The number of likely N-dealkylation sites (tertiary alicyclic amines) is 1. The minimum atomic E-state index is 0. The molecule has 1 fully saturated rings. The summed E-state index contributed by atoms with van der Waals surface area (Å²) >= 11 is 6.06. The molecule has 19 heavy (non-hydrogen) atoms. The molecule has 1 N–H and O–H groups in total. The maximum atomic E-state index is 12.3. The van der Waals surface area contributed by atoms with E-state index in [2.05, 4.69) is 5.32 Å². The van der Waals surface area contributed by atoms with Crippen molar-refractivity contribution in [2.45, 2.75) is 13.3 Å². The molecule has 106 valence electrons. The number of halogens is 2. The number of hydrogen-bond acceptors (Lipinski definition) is 2. The Labute approximate surface area is 125 Å². The molecule has 0 radical (unpaired) electrons. The second-order valence-electron chi connectivity index (χ2n) is 4.93. The SMILES string of the molecule is CNCC1CCN(C(=O)c2ccc(C)c(Cl)c2)C1.Cl. The molecule has 2 rings (SSSR count). The Morgan fingerprint density at radius 1 is 1.53 bits per heavy atom. The summed E-state index contributed by atoms with van der Waals surface area (Å²) < 4.78 is 0. The van der Waals surface area contributed by atoms with Gasteiger partial charge < -0.3 is 10.2 Å². The molecule has 1 atom stereocenters. The fourth-order valence-electron chi connectivity index (χ4n) is 2.38. The zero-order chi connectivity index (χ0) is 13.1. The molecule has 1 amide bonds. The first kappa shape index (κ1) is 16.3. The summed E-state index contributed by atoms with van der Waals surface area (Å²) in [6.45, 7) is 4.59. The molecule has 5 heteroatoms. The molecule has 0 aliphatic carbocycles. The van der Waals surface area contributed by atoms with Gasteiger partial charge in [-0.3, -0.25) is 4.79 Å². The van der Waals surface area contributed by atoms with Gasteiger partial charge in [-0.25, -0.2) is 0 Å². The van der Waals surface area contributed by atoms with Crippen molar-refractivity contribution in [1.82, 2.24) is 10.2 Å². The van der Waals surface area contributed by atoms with E-state index >= 15 is 0 Å². The van der Waals surface area contributed by atoms with Gasteiger partial charge in [0.2, 0.25) is 0 Å². The lowest BCUT2D eigenvalue weighted by atomic mass is 10.1. The lowest BCUT2D eigenvalue weighted by Gasteiger charge is -2.17. The highest BCUT2D eigenvalue weighted by Crippen LogP contribution is 2.21. The number of nitrogens with one attached hydrogen (secondary N) is 1. The topological polar surface area (TPSA) is 32.3 Å². The zero-order valence-electron chi connectivity index (χ0n) is 11.3. The number of carbonyl (C=O) groups is 1. The smallest absolute Gasteiger partial charge is 0.253 e. The predicted molar refractivity (Wildman–Crippen MR) is 81.4 cm³/mol. The van der Waals surface area contributed by atoms with Crippen molar-refractivity contribution < 1.29 is 4.79 Å². The molecule has 1 aliphatic rings. The van der Waals surface area contributed by atoms with Crippen molar-refractivity contribution in [3.05, 3.63) is 34.3 Å². The molecule has 0 aromatic heterocycles. The van der Waals surface area contributed by atoms with Crippen molar-refractivity contribution in [3.8, 4) is 0 Å². The molecule has 1 aromatic rings. The van der Waals surface area contributed by atoms with E-state index in [9.17, 15) is 4.79 Å².